The lowest BCUT2D eigenvalue weighted by Crippen LogP contribution is -2.29. The average Bonchev–Trinajstić information content (AvgIpc) is 3.15. The van der Waals surface area contributed by atoms with Gasteiger partial charge in [0.1, 0.15) is 0 Å². The van der Waals surface area contributed by atoms with Gasteiger partial charge in [0.2, 0.25) is 0 Å². The molecule has 0 aliphatic carbocycles. The molecule has 3 nitrogen and oxygen atoms in total. The number of hydrogen-bond acceptors (Lipinski definition) is 3. The Morgan fingerprint density at radius 2 is 1.43 bits per heavy atom. The molecule has 244 valence electrons. The molecule has 1 N–H and O–H groups in total. The van der Waals surface area contributed by atoms with Crippen molar-refractivity contribution in [2.45, 2.75) is 38.1 Å². The summed E-state index contributed by atoms with van der Waals surface area (Å²) in [6, 6.07) is 44.9. The lowest BCUT2D eigenvalue weighted by atomic mass is 9.79. The second-order valence-electron chi connectivity index (χ2n) is 12.6. The van der Waals surface area contributed by atoms with Crippen molar-refractivity contribution in [2.24, 2.45) is 4.99 Å². The lowest BCUT2D eigenvalue weighted by molar-refractivity contribution is 0.490. The normalized spacial score (nSPS) is 15.3. The maximum Gasteiger partial charge on any atom is 0.0647 e. The third-order valence-electron chi connectivity index (χ3n) is 9.44. The van der Waals surface area contributed by atoms with Gasteiger partial charge in [-0.05, 0) is 72.4 Å². The topological polar surface area (TPSA) is 27.6 Å². The highest BCUT2D eigenvalue weighted by Crippen LogP contribution is 2.41. The summed E-state index contributed by atoms with van der Waals surface area (Å²) < 4.78 is 0. The molecule has 1 heterocycles. The second-order valence-corrected chi connectivity index (χ2v) is 12.6. The Labute approximate surface area is 292 Å². The van der Waals surface area contributed by atoms with E-state index in [2.05, 4.69) is 177 Å². The minimum atomic E-state index is 0.0339. The first kappa shape index (κ1) is 33.2. The van der Waals surface area contributed by atoms with Gasteiger partial charge in [0.05, 0.1) is 23.1 Å². The summed E-state index contributed by atoms with van der Waals surface area (Å²) in [5, 5.41) is 3.80. The van der Waals surface area contributed by atoms with E-state index in [-0.39, 0.29) is 12.0 Å². The van der Waals surface area contributed by atoms with Crippen molar-refractivity contribution in [1.82, 2.24) is 0 Å². The number of para-hydroxylation sites is 2. The highest BCUT2D eigenvalue weighted by atomic mass is 15.1. The zero-order valence-electron chi connectivity index (χ0n) is 28.6. The standard InChI is InChI=1S/C46H45N3/c1-6-18-33(3)27-29-40-38-23-14-15-24-39(38)42(7-2)47-45(40)31-34(4)49(5)46-26-17-16-25-44(46)48-43-30-28-37(35-19-10-8-11-20-35)32-41(43)36-21-12-9-13-22-36/h6-26,28,30,32,40,45,48H,2-4,27,29,31H2,1,5H3/b18-6-. The average molecular weight is 640 g/mol. The van der Waals surface area contributed by atoms with E-state index in [1.807, 2.05) is 13.0 Å². The number of fused-ring (bicyclic) bond motifs is 1. The van der Waals surface area contributed by atoms with E-state index < -0.39 is 0 Å². The van der Waals surface area contributed by atoms with Gasteiger partial charge < -0.3 is 10.2 Å². The molecule has 0 fully saturated rings. The molecule has 5 aromatic carbocycles. The van der Waals surface area contributed by atoms with E-state index in [1.54, 1.807) is 0 Å². The molecule has 1 aliphatic heterocycles. The fourth-order valence-electron chi connectivity index (χ4n) is 6.84. The summed E-state index contributed by atoms with van der Waals surface area (Å²) in [7, 11) is 2.11. The maximum absolute atomic E-state index is 5.28. The second kappa shape index (κ2) is 15.5. The van der Waals surface area contributed by atoms with Crippen LogP contribution in [0.3, 0.4) is 0 Å². The fraction of sp³-hybridized carbons (Fsp3) is 0.152. The van der Waals surface area contributed by atoms with E-state index in [9.17, 15) is 0 Å². The minimum Gasteiger partial charge on any atom is -0.353 e. The van der Waals surface area contributed by atoms with Gasteiger partial charge in [-0.15, -0.1) is 0 Å². The van der Waals surface area contributed by atoms with Crippen LogP contribution in [0.15, 0.2) is 182 Å². The molecule has 2 atom stereocenters. The molecule has 2 unspecified atom stereocenters. The zero-order valence-corrected chi connectivity index (χ0v) is 28.6. The molecule has 0 saturated heterocycles. The van der Waals surface area contributed by atoms with E-state index in [0.717, 1.165) is 64.4 Å². The van der Waals surface area contributed by atoms with Crippen molar-refractivity contribution < 1.29 is 0 Å². The van der Waals surface area contributed by atoms with Gasteiger partial charge in [-0.1, -0.05) is 141 Å². The number of allylic oxidation sites excluding steroid dienone is 4. The number of aliphatic imine (C=N–C) groups is 1. The predicted molar refractivity (Wildman–Crippen MR) is 212 cm³/mol. The molecule has 0 bridgehead atoms. The molecule has 3 heteroatoms. The molecule has 0 aromatic heterocycles. The third-order valence-corrected chi connectivity index (χ3v) is 9.44. The van der Waals surface area contributed by atoms with Gasteiger partial charge in [-0.3, -0.25) is 4.99 Å². The molecule has 1 aliphatic rings. The Balaban J connectivity index is 1.29. The summed E-state index contributed by atoms with van der Waals surface area (Å²) in [4.78, 5) is 7.49. The Morgan fingerprint density at radius 1 is 0.755 bits per heavy atom. The SMILES string of the molecule is C=CC1=NC(CC(=C)N(C)c2ccccc2Nc2ccc(-c3ccccc3)cc2-c2ccccc2)C(CCC(=C)/C=C\C)c2ccccc21. The molecular weight excluding hydrogens is 595 g/mol. The summed E-state index contributed by atoms with van der Waals surface area (Å²) >= 11 is 0. The van der Waals surface area contributed by atoms with Crippen LogP contribution in [0.2, 0.25) is 0 Å². The quantitative estimate of drug-likeness (QED) is 0.130. The number of hydrogen-bond donors (Lipinski definition) is 1. The fourth-order valence-corrected chi connectivity index (χ4v) is 6.84. The van der Waals surface area contributed by atoms with Crippen LogP contribution in [-0.4, -0.2) is 18.8 Å². The summed E-state index contributed by atoms with van der Waals surface area (Å²) in [6.45, 7) is 15.1. The van der Waals surface area contributed by atoms with E-state index >= 15 is 0 Å². The largest absolute Gasteiger partial charge is 0.353 e. The maximum atomic E-state index is 5.28. The predicted octanol–water partition coefficient (Wildman–Crippen LogP) is 12.2. The van der Waals surface area contributed by atoms with Crippen LogP contribution in [0.5, 0.6) is 0 Å². The monoisotopic (exact) mass is 639 g/mol. The van der Waals surface area contributed by atoms with Crippen LogP contribution in [-0.2, 0) is 0 Å². The molecule has 0 spiro atoms. The molecule has 0 amide bonds. The van der Waals surface area contributed by atoms with Crippen LogP contribution >= 0.6 is 0 Å². The Kier molecular flexibility index (Phi) is 10.5. The van der Waals surface area contributed by atoms with Crippen molar-refractivity contribution in [3.05, 3.63) is 188 Å². The molecular formula is C46H45N3. The Bertz CT molecular complexity index is 2000. The first-order chi connectivity index (χ1) is 24.0. The summed E-state index contributed by atoms with van der Waals surface area (Å²) in [6.07, 6.45) is 8.66. The van der Waals surface area contributed by atoms with Crippen molar-refractivity contribution in [3.63, 3.8) is 0 Å². The van der Waals surface area contributed by atoms with E-state index in [1.165, 1.54) is 22.3 Å². The highest BCUT2D eigenvalue weighted by molar-refractivity contribution is 6.10. The van der Waals surface area contributed by atoms with E-state index in [4.69, 9.17) is 4.99 Å². The highest BCUT2D eigenvalue weighted by Gasteiger charge is 2.31. The van der Waals surface area contributed by atoms with Crippen LogP contribution in [0.1, 0.15) is 43.2 Å². The molecule has 6 rings (SSSR count). The van der Waals surface area contributed by atoms with Gasteiger partial charge in [0.15, 0.2) is 0 Å². The van der Waals surface area contributed by atoms with Crippen molar-refractivity contribution in [2.75, 3.05) is 17.3 Å². The number of benzene rings is 5. The zero-order chi connectivity index (χ0) is 34.2. The number of rotatable bonds is 13. The molecule has 5 aromatic rings. The van der Waals surface area contributed by atoms with Crippen LogP contribution in [0.25, 0.3) is 22.3 Å². The van der Waals surface area contributed by atoms with Gasteiger partial charge in [0, 0.05) is 41.9 Å². The third kappa shape index (κ3) is 7.58. The molecule has 0 saturated carbocycles. The van der Waals surface area contributed by atoms with Gasteiger partial charge in [0.25, 0.3) is 0 Å². The number of nitrogens with one attached hydrogen (secondary N) is 1. The minimum absolute atomic E-state index is 0.0339. The van der Waals surface area contributed by atoms with Crippen LogP contribution in [0.4, 0.5) is 17.1 Å². The van der Waals surface area contributed by atoms with Crippen molar-refractivity contribution >= 4 is 22.8 Å². The van der Waals surface area contributed by atoms with Gasteiger partial charge >= 0.3 is 0 Å². The van der Waals surface area contributed by atoms with Crippen LogP contribution in [0, 0.1) is 0 Å². The summed E-state index contributed by atoms with van der Waals surface area (Å²) in [5.74, 6) is 0.247. The first-order valence-corrected chi connectivity index (χ1v) is 17.1. The van der Waals surface area contributed by atoms with Crippen molar-refractivity contribution in [3.8, 4) is 22.3 Å². The van der Waals surface area contributed by atoms with Crippen LogP contribution < -0.4 is 10.2 Å². The van der Waals surface area contributed by atoms with Crippen molar-refractivity contribution in [1.29, 1.82) is 0 Å². The van der Waals surface area contributed by atoms with Gasteiger partial charge in [-0.25, -0.2) is 0 Å². The number of nitrogens with zero attached hydrogens (tertiary/aromatic N) is 2. The Hall–Kier alpha value is -5.67. The number of anilines is 3. The molecule has 0 radical (unpaired) electrons. The molecule has 49 heavy (non-hydrogen) atoms. The van der Waals surface area contributed by atoms with E-state index in [0.29, 0.717) is 0 Å². The summed E-state index contributed by atoms with van der Waals surface area (Å²) in [5.41, 5.74) is 13.4. The Morgan fingerprint density at radius 3 is 2.16 bits per heavy atom. The smallest absolute Gasteiger partial charge is 0.0647 e. The lowest BCUT2D eigenvalue weighted by Gasteiger charge is -2.34. The first-order valence-electron chi connectivity index (χ1n) is 17.1. The van der Waals surface area contributed by atoms with Gasteiger partial charge in [-0.2, -0.15) is 0 Å².